The van der Waals surface area contributed by atoms with Gasteiger partial charge in [0, 0.05) is 0 Å². The minimum absolute atomic E-state index is 0.00887. The van der Waals surface area contributed by atoms with E-state index in [4.69, 9.17) is 4.99 Å². The molecule has 1 saturated heterocycles. The number of nitrogens with one attached hydrogen (secondary N) is 1. The number of aliphatic imine (C=N–C) groups is 1. The Morgan fingerprint density at radius 3 is 2.58 bits per heavy atom. The molecule has 0 atom stereocenters. The standard InChI is InChI=1S/C24H29IN7O/c1-15-12-31(14-27-15)16-6-7-18(21(33)8-16)19-9-20-22(26-13-25-19)32(30-28-20)17-10-23(2,3)29-24(4,5)11-17/h6-9,12-14,17,29,33H,10-11H2,1-5H3/q-1. The number of phenols is 1. The van der Waals surface area contributed by atoms with Gasteiger partial charge in [-0.05, 0) is 0 Å². The number of aryl methyl sites for hydroxylation is 1. The number of benzene rings is 1. The number of imidazole rings is 1. The monoisotopic (exact) mass is 558 g/mol. The van der Waals surface area contributed by atoms with E-state index < -0.39 is 21.2 Å². The van der Waals surface area contributed by atoms with E-state index in [1.165, 1.54) is 0 Å². The number of piperidine rings is 1. The third-order valence-electron chi connectivity index (χ3n) is 6.06. The van der Waals surface area contributed by atoms with Crippen LogP contribution in [0.15, 0.2) is 35.7 Å². The van der Waals surface area contributed by atoms with Crippen LogP contribution < -0.4 is 26.5 Å². The van der Waals surface area contributed by atoms with Gasteiger partial charge in [0.15, 0.2) is 0 Å². The molecule has 0 unspecified atom stereocenters. The molecule has 4 heterocycles. The normalized spacial score (nSPS) is 20.0. The fourth-order valence-electron chi connectivity index (χ4n) is 5.06. The second-order valence-electron chi connectivity index (χ2n) is 10.1. The van der Waals surface area contributed by atoms with Crippen molar-refractivity contribution in [3.63, 3.8) is 0 Å². The van der Waals surface area contributed by atoms with Gasteiger partial charge in [0.2, 0.25) is 0 Å². The molecule has 2 aromatic heterocycles. The van der Waals surface area contributed by atoms with Crippen LogP contribution in [0, 0.1) is 6.92 Å². The van der Waals surface area contributed by atoms with Gasteiger partial charge in [-0.1, -0.05) is 0 Å². The fourth-order valence-corrected chi connectivity index (χ4v) is 7.03. The van der Waals surface area contributed by atoms with E-state index in [0.29, 0.717) is 0 Å². The summed E-state index contributed by atoms with van der Waals surface area (Å²) in [6.45, 7) is 10.9. The summed E-state index contributed by atoms with van der Waals surface area (Å²) >= 11 is -0.530. The number of hydrogen-bond donors (Lipinski definition) is 2. The first-order valence-corrected chi connectivity index (χ1v) is 13.4. The summed E-state index contributed by atoms with van der Waals surface area (Å²) in [6.07, 6.45) is 7.66. The van der Waals surface area contributed by atoms with Crippen molar-refractivity contribution in [2.75, 3.05) is 0 Å². The Balaban J connectivity index is 1.47. The first-order valence-electron chi connectivity index (χ1n) is 11.1. The number of rotatable bonds is 3. The predicted molar refractivity (Wildman–Crippen MR) is 126 cm³/mol. The van der Waals surface area contributed by atoms with E-state index in [0.717, 1.165) is 44.9 Å². The second-order valence-corrected chi connectivity index (χ2v) is 12.5. The van der Waals surface area contributed by atoms with Gasteiger partial charge in [-0.3, -0.25) is 0 Å². The summed E-state index contributed by atoms with van der Waals surface area (Å²) in [5.41, 5.74) is 3.41. The minimum atomic E-state index is -0.530. The van der Waals surface area contributed by atoms with Crippen molar-refractivity contribution in [2.45, 2.75) is 64.6 Å². The molecule has 2 aliphatic heterocycles. The van der Waals surface area contributed by atoms with Crippen molar-refractivity contribution in [1.82, 2.24) is 29.9 Å². The maximum absolute atomic E-state index is 10.8. The van der Waals surface area contributed by atoms with Crippen molar-refractivity contribution in [3.8, 4) is 11.4 Å². The predicted octanol–water partition coefficient (Wildman–Crippen LogP) is 1.22. The van der Waals surface area contributed by atoms with Crippen LogP contribution in [0.4, 0.5) is 5.82 Å². The van der Waals surface area contributed by atoms with Crippen LogP contribution in [0.5, 0.6) is 5.75 Å². The van der Waals surface area contributed by atoms with E-state index in [2.05, 4.69) is 48.3 Å². The quantitative estimate of drug-likeness (QED) is 0.472. The molecule has 1 fully saturated rings. The Bertz CT molecular complexity index is 1250. The average molecular weight is 558 g/mol. The molecule has 0 bridgehead atoms. The van der Waals surface area contributed by atoms with E-state index in [-0.39, 0.29) is 22.9 Å². The molecule has 0 radical (unpaired) electrons. The number of aromatic nitrogens is 5. The zero-order valence-corrected chi connectivity index (χ0v) is 21.7. The average Bonchev–Trinajstić information content (AvgIpc) is 3.26. The van der Waals surface area contributed by atoms with Gasteiger partial charge in [-0.15, -0.1) is 0 Å². The summed E-state index contributed by atoms with van der Waals surface area (Å²) in [5, 5.41) is 23.6. The van der Waals surface area contributed by atoms with Crippen molar-refractivity contribution < 1.29 is 26.3 Å². The maximum atomic E-state index is 10.8. The Kier molecular flexibility index (Phi) is 5.43. The SMILES string of the molecule is Cc1cn(-c2ccc(C3=Cc4nnn(C5CC(C)(C)NC(C)(C)C5)c4N=C[I-]3)c(O)c2)cn1. The number of fused-ring (bicyclic) bond motifs is 1. The molecule has 0 amide bonds. The zero-order chi connectivity index (χ0) is 23.4. The molecular weight excluding hydrogens is 529 g/mol. The molecule has 3 aromatic rings. The molecule has 0 spiro atoms. The molecule has 174 valence electrons. The van der Waals surface area contributed by atoms with Crippen molar-refractivity contribution in [2.24, 2.45) is 4.99 Å². The van der Waals surface area contributed by atoms with Gasteiger partial charge >= 0.3 is 205 Å². The van der Waals surface area contributed by atoms with Crippen molar-refractivity contribution >= 4 is 19.7 Å². The molecule has 0 aliphatic carbocycles. The van der Waals surface area contributed by atoms with E-state index in [1.807, 2.05) is 44.8 Å². The number of nitrogens with zero attached hydrogens (tertiary/aromatic N) is 6. The number of halogens is 1. The van der Waals surface area contributed by atoms with Crippen molar-refractivity contribution in [1.29, 1.82) is 0 Å². The van der Waals surface area contributed by atoms with E-state index in [9.17, 15) is 5.11 Å². The summed E-state index contributed by atoms with van der Waals surface area (Å²) in [4.78, 5) is 9.05. The summed E-state index contributed by atoms with van der Waals surface area (Å²) in [5.74, 6) is 1.06. The Morgan fingerprint density at radius 1 is 1.15 bits per heavy atom. The third kappa shape index (κ3) is 4.48. The van der Waals surface area contributed by atoms with Crippen LogP contribution in [-0.4, -0.2) is 45.0 Å². The topological polar surface area (TPSA) is 93.2 Å². The molecule has 2 N–H and O–H groups in total. The van der Waals surface area contributed by atoms with Crippen LogP contribution >= 0.6 is 0 Å². The second kappa shape index (κ2) is 8.05. The van der Waals surface area contributed by atoms with Gasteiger partial charge in [-0.2, -0.15) is 0 Å². The first kappa shape index (κ1) is 22.3. The number of hydrogen-bond acceptors (Lipinski definition) is 6. The van der Waals surface area contributed by atoms with Gasteiger partial charge < -0.3 is 0 Å². The number of aromatic hydroxyl groups is 1. The Morgan fingerprint density at radius 2 is 1.91 bits per heavy atom. The van der Waals surface area contributed by atoms with Crippen LogP contribution in [0.2, 0.25) is 0 Å². The number of phenolic OH excluding ortho intramolecular Hbond substituents is 1. The molecule has 0 saturated carbocycles. The van der Waals surface area contributed by atoms with Crippen LogP contribution in [0.25, 0.3) is 15.3 Å². The van der Waals surface area contributed by atoms with Gasteiger partial charge in [-0.25, -0.2) is 0 Å². The molecule has 8 nitrogen and oxygen atoms in total. The molecule has 33 heavy (non-hydrogen) atoms. The summed E-state index contributed by atoms with van der Waals surface area (Å²) in [7, 11) is 0. The van der Waals surface area contributed by atoms with Crippen LogP contribution in [0.1, 0.15) is 63.5 Å². The zero-order valence-electron chi connectivity index (χ0n) is 19.5. The fraction of sp³-hybridized carbons (Fsp3) is 0.417. The van der Waals surface area contributed by atoms with Crippen molar-refractivity contribution in [3.05, 3.63) is 47.7 Å². The Labute approximate surface area is 204 Å². The van der Waals surface area contributed by atoms with Crippen LogP contribution in [-0.2, 0) is 0 Å². The molecule has 9 heteroatoms. The van der Waals surface area contributed by atoms with E-state index in [1.54, 1.807) is 12.4 Å². The Hall–Kier alpha value is -2.53. The third-order valence-corrected chi connectivity index (χ3v) is 8.18. The molecule has 2 aliphatic rings. The van der Waals surface area contributed by atoms with Crippen LogP contribution in [0.3, 0.4) is 0 Å². The first-order chi connectivity index (χ1) is 15.6. The molecular formula is C24H29IN7O-. The van der Waals surface area contributed by atoms with Gasteiger partial charge in [0.05, 0.1) is 0 Å². The molecule has 1 aromatic carbocycles. The van der Waals surface area contributed by atoms with Gasteiger partial charge in [0.1, 0.15) is 0 Å². The van der Waals surface area contributed by atoms with Gasteiger partial charge in [0.25, 0.3) is 0 Å². The van der Waals surface area contributed by atoms with E-state index >= 15 is 0 Å². The molecule has 5 rings (SSSR count). The summed E-state index contributed by atoms with van der Waals surface area (Å²) in [6, 6.07) is 5.97. The summed E-state index contributed by atoms with van der Waals surface area (Å²) < 4.78 is 6.98.